The first-order chi connectivity index (χ1) is 14.4. The molecule has 0 atom stereocenters. The second-order valence-corrected chi connectivity index (χ2v) is 5.33. The predicted octanol–water partition coefficient (Wildman–Crippen LogP) is -0.684. The van der Waals surface area contributed by atoms with Crippen molar-refractivity contribution in [1.29, 1.82) is 0 Å². The zero-order valence-electron chi connectivity index (χ0n) is 16.3. The fraction of sp³-hybridized carbons (Fsp3) is 0.111. The lowest BCUT2D eigenvalue weighted by Crippen LogP contribution is -2.29. The zero-order chi connectivity index (χ0) is 22.9. The van der Waals surface area contributed by atoms with E-state index in [0.29, 0.717) is 23.8 Å². The monoisotopic (exact) mass is 418 g/mol. The van der Waals surface area contributed by atoms with E-state index in [4.69, 9.17) is 23.4 Å². The normalized spacial score (nSPS) is 8.83. The van der Waals surface area contributed by atoms with Crippen molar-refractivity contribution in [3.8, 4) is 0 Å². The van der Waals surface area contributed by atoms with Gasteiger partial charge in [0, 0.05) is 28.9 Å². The number of amides is 2. The lowest BCUT2D eigenvalue weighted by Gasteiger charge is -2.01. The minimum atomic E-state index is -0.338. The molecule has 162 valence electrons. The summed E-state index contributed by atoms with van der Waals surface area (Å²) in [6.07, 6.45) is 0.656. The number of anilines is 2. The first kappa shape index (κ1) is 26.2. The Morgan fingerprint density at radius 1 is 0.733 bits per heavy atom. The van der Waals surface area contributed by atoms with E-state index < -0.39 is 0 Å². The van der Waals surface area contributed by atoms with Crippen molar-refractivity contribution in [3.05, 3.63) is 59.7 Å². The highest BCUT2D eigenvalue weighted by Crippen LogP contribution is 2.07. The number of ketones is 1. The molecule has 0 aliphatic carbocycles. The third-order valence-electron chi connectivity index (χ3n) is 3.37. The van der Waals surface area contributed by atoms with Gasteiger partial charge in [-0.15, -0.1) is 0 Å². The maximum absolute atomic E-state index is 10.9. The van der Waals surface area contributed by atoms with Crippen molar-refractivity contribution in [2.75, 3.05) is 10.9 Å². The van der Waals surface area contributed by atoms with Crippen LogP contribution in [0.15, 0.2) is 48.5 Å². The number of Topliss-reactive ketones (excluding diaryl/α,β-unsaturated/α-hetero) is 1. The van der Waals surface area contributed by atoms with E-state index in [2.05, 4.69) is 10.9 Å². The largest absolute Gasteiger partial charge is 0.324 e. The summed E-state index contributed by atoms with van der Waals surface area (Å²) in [6.45, 7) is 1.65. The summed E-state index contributed by atoms with van der Waals surface area (Å²) in [6, 6.07) is 13.2. The van der Waals surface area contributed by atoms with Crippen molar-refractivity contribution in [2.45, 2.75) is 13.3 Å². The van der Waals surface area contributed by atoms with Crippen LogP contribution in [0.2, 0.25) is 0 Å². The lowest BCUT2D eigenvalue weighted by molar-refractivity contribution is -0.129. The lowest BCUT2D eigenvalue weighted by atomic mass is 10.2. The molecule has 0 aromatic heterocycles. The molecule has 12 N–H and O–H groups in total. The Morgan fingerprint density at radius 3 is 1.23 bits per heavy atom. The van der Waals surface area contributed by atoms with Gasteiger partial charge in [-0.05, 0) is 48.5 Å². The second kappa shape index (κ2) is 15.1. The second-order valence-electron chi connectivity index (χ2n) is 5.33. The molecule has 0 unspecified atom stereocenters. The number of hydrogen-bond acceptors (Lipinski definition) is 10. The Bertz CT molecular complexity index is 750. The Morgan fingerprint density at radius 2 is 1.07 bits per heavy atom. The molecule has 2 aromatic carbocycles. The number of nitrogen functional groups attached to an aromatic ring is 4. The molecule has 2 rings (SSSR count). The van der Waals surface area contributed by atoms with Gasteiger partial charge < -0.3 is 10.9 Å². The van der Waals surface area contributed by atoms with Crippen molar-refractivity contribution < 1.29 is 19.2 Å². The summed E-state index contributed by atoms with van der Waals surface area (Å²) < 4.78 is 0. The van der Waals surface area contributed by atoms with Gasteiger partial charge in [-0.25, -0.2) is 11.7 Å². The SMILES string of the molecule is CCC(=O)C=O.NNC(=O)c1ccc(NN)cc1.NNC(=O)c1ccc(NN)cc1. The number of carbonyl (C=O) groups is 4. The van der Waals surface area contributed by atoms with Gasteiger partial charge >= 0.3 is 0 Å². The molecule has 0 spiro atoms. The van der Waals surface area contributed by atoms with Crippen molar-refractivity contribution in [1.82, 2.24) is 10.9 Å². The van der Waals surface area contributed by atoms with Crippen LogP contribution in [-0.2, 0) is 9.59 Å². The minimum absolute atomic E-state index is 0.321. The van der Waals surface area contributed by atoms with Crippen LogP contribution in [0.25, 0.3) is 0 Å². The number of hydrogen-bond donors (Lipinski definition) is 8. The number of carbonyl (C=O) groups excluding carboxylic acids is 4. The maximum Gasteiger partial charge on any atom is 0.265 e. The molecular formula is C18H26N8O4. The van der Waals surface area contributed by atoms with E-state index in [1.54, 1.807) is 55.5 Å². The molecule has 0 aliphatic heterocycles. The summed E-state index contributed by atoms with van der Waals surface area (Å²) in [7, 11) is 0. The smallest absolute Gasteiger partial charge is 0.265 e. The first-order valence-electron chi connectivity index (χ1n) is 8.49. The van der Waals surface area contributed by atoms with E-state index in [0.717, 1.165) is 11.4 Å². The molecule has 30 heavy (non-hydrogen) atoms. The van der Waals surface area contributed by atoms with Crippen molar-refractivity contribution in [2.24, 2.45) is 23.4 Å². The number of benzene rings is 2. The first-order valence-corrected chi connectivity index (χ1v) is 8.49. The van der Waals surface area contributed by atoms with E-state index in [9.17, 15) is 19.2 Å². The van der Waals surface area contributed by atoms with Gasteiger partial charge in [-0.1, -0.05) is 6.92 Å². The van der Waals surface area contributed by atoms with Gasteiger partial charge in [0.1, 0.15) is 0 Å². The van der Waals surface area contributed by atoms with Gasteiger partial charge in [0.05, 0.1) is 0 Å². The van der Waals surface area contributed by atoms with Crippen LogP contribution in [-0.4, -0.2) is 23.9 Å². The van der Waals surface area contributed by atoms with Crippen LogP contribution in [0.3, 0.4) is 0 Å². The highest BCUT2D eigenvalue weighted by Gasteiger charge is 2.01. The Kier molecular flexibility index (Phi) is 13.2. The van der Waals surface area contributed by atoms with Crippen LogP contribution in [0, 0.1) is 0 Å². The van der Waals surface area contributed by atoms with Crippen molar-refractivity contribution in [3.63, 3.8) is 0 Å². The summed E-state index contributed by atoms with van der Waals surface area (Å²) in [5.74, 6) is 19.2. The molecule has 0 bridgehead atoms. The molecule has 12 nitrogen and oxygen atoms in total. The molecule has 0 saturated heterocycles. The topological polar surface area (TPSA) is 220 Å². The Hall–Kier alpha value is -3.84. The van der Waals surface area contributed by atoms with Crippen LogP contribution in [0.5, 0.6) is 0 Å². The number of aldehydes is 1. The average Bonchev–Trinajstić information content (AvgIpc) is 2.83. The van der Waals surface area contributed by atoms with Gasteiger partial charge in [-0.2, -0.15) is 0 Å². The minimum Gasteiger partial charge on any atom is -0.324 e. The third-order valence-corrected chi connectivity index (χ3v) is 3.37. The number of nitrogens with one attached hydrogen (secondary N) is 4. The summed E-state index contributed by atoms with van der Waals surface area (Å²) in [4.78, 5) is 41.0. The molecule has 12 heteroatoms. The van der Waals surface area contributed by atoms with E-state index >= 15 is 0 Å². The molecule has 0 heterocycles. The fourth-order valence-corrected chi connectivity index (χ4v) is 1.69. The quantitative estimate of drug-likeness (QED) is 0.0970. The van der Waals surface area contributed by atoms with Crippen LogP contribution >= 0.6 is 0 Å². The summed E-state index contributed by atoms with van der Waals surface area (Å²) in [5.41, 5.74) is 11.4. The zero-order valence-corrected chi connectivity index (χ0v) is 16.3. The van der Waals surface area contributed by atoms with Gasteiger partial charge in [-0.3, -0.25) is 41.7 Å². The van der Waals surface area contributed by atoms with Crippen LogP contribution < -0.4 is 45.1 Å². The summed E-state index contributed by atoms with van der Waals surface area (Å²) in [5, 5.41) is 0. The number of hydrazine groups is 4. The highest BCUT2D eigenvalue weighted by atomic mass is 16.2. The fourth-order valence-electron chi connectivity index (χ4n) is 1.69. The molecule has 0 saturated carbocycles. The molecular weight excluding hydrogens is 392 g/mol. The van der Waals surface area contributed by atoms with Gasteiger partial charge in [0.15, 0.2) is 12.1 Å². The van der Waals surface area contributed by atoms with Crippen molar-refractivity contribution >= 4 is 35.3 Å². The number of nitrogens with two attached hydrogens (primary N) is 4. The highest BCUT2D eigenvalue weighted by molar-refractivity contribution is 6.24. The molecule has 0 aliphatic rings. The molecule has 2 aromatic rings. The average molecular weight is 418 g/mol. The van der Waals surface area contributed by atoms with E-state index in [1.165, 1.54) is 0 Å². The van der Waals surface area contributed by atoms with Gasteiger partial charge in [0.2, 0.25) is 0 Å². The standard InChI is InChI=1S/2C7H10N4O.C4H6O2/c2*8-10-6-3-1-5(2-4-6)7(12)11-9;1-2-4(6)3-5/h2*1-4,10H,8-9H2,(H,11,12);3H,2H2,1H3. The predicted molar refractivity (Wildman–Crippen MR) is 113 cm³/mol. The van der Waals surface area contributed by atoms with Gasteiger partial charge in [0.25, 0.3) is 11.8 Å². The Balaban J connectivity index is 0.000000447. The third kappa shape index (κ3) is 9.91. The van der Waals surface area contributed by atoms with E-state index in [1.807, 2.05) is 10.9 Å². The molecule has 2 amide bonds. The van der Waals surface area contributed by atoms with Crippen LogP contribution in [0.1, 0.15) is 34.1 Å². The summed E-state index contributed by atoms with van der Waals surface area (Å²) >= 11 is 0. The maximum atomic E-state index is 10.9. The Labute approximate surface area is 173 Å². The van der Waals surface area contributed by atoms with Crippen LogP contribution in [0.4, 0.5) is 11.4 Å². The molecule has 0 fully saturated rings. The number of rotatable bonds is 6. The van der Waals surface area contributed by atoms with E-state index in [-0.39, 0.29) is 17.6 Å². The molecule has 0 radical (unpaired) electrons.